The van der Waals surface area contributed by atoms with Crippen LogP contribution < -0.4 is 11.1 Å². The van der Waals surface area contributed by atoms with Gasteiger partial charge in [-0.15, -0.1) is 0 Å². The molecule has 37 heavy (non-hydrogen) atoms. The highest BCUT2D eigenvalue weighted by atomic mass is 35.5. The van der Waals surface area contributed by atoms with Gasteiger partial charge in [-0.05, 0) is 13.8 Å². The van der Waals surface area contributed by atoms with Crippen LogP contribution in [0.4, 0.5) is 37.8 Å². The second-order valence-corrected chi connectivity index (χ2v) is 6.87. The molecule has 0 aliphatic carbocycles. The van der Waals surface area contributed by atoms with Crippen LogP contribution in [0.1, 0.15) is 26.1 Å². The maximum Gasteiger partial charge on any atom is 0.381 e. The molecule has 204 valence electrons. The summed E-state index contributed by atoms with van der Waals surface area (Å²) in [5, 5.41) is 3.34. The number of imidazole rings is 1. The number of carbonyl (C=O) groups excluding carboxylic acids is 2. The molecule has 0 aliphatic rings. The Morgan fingerprint density at radius 2 is 1.51 bits per heavy atom. The van der Waals surface area contributed by atoms with Crippen molar-refractivity contribution in [3.8, 4) is 0 Å². The molecule has 3 rings (SSSR count). The summed E-state index contributed by atoms with van der Waals surface area (Å²) in [5.41, 5.74) is 6.51. The largest absolute Gasteiger partial charge is 0.393 e. The fraction of sp³-hybridized carbons (Fsp3) is 0.389. The van der Waals surface area contributed by atoms with Crippen LogP contribution in [0, 0.1) is 0 Å². The number of aromatic nitrogens is 6. The van der Waals surface area contributed by atoms with Gasteiger partial charge in [0.05, 0.1) is 0 Å². The quantitative estimate of drug-likeness (QED) is 0.189. The molecule has 0 aliphatic heterocycles. The number of fused-ring (bicyclic) bond motifs is 1. The number of aryl methyl sites for hydroxylation is 1. The summed E-state index contributed by atoms with van der Waals surface area (Å²) in [5.74, 6) is -4.27. The normalized spacial score (nSPS) is 10.6. The second kappa shape index (κ2) is 14.9. The molecule has 3 N–H and O–H groups in total. The van der Waals surface area contributed by atoms with E-state index >= 15 is 0 Å². The maximum atomic E-state index is 12.6. The molecule has 0 fully saturated rings. The molecule has 0 saturated carbocycles. The van der Waals surface area contributed by atoms with Gasteiger partial charge in [0.1, 0.15) is 23.9 Å². The summed E-state index contributed by atoms with van der Waals surface area (Å²) < 4.78 is 74.3. The maximum absolute atomic E-state index is 12.6. The fourth-order valence-corrected chi connectivity index (χ4v) is 2.58. The number of nitrogens with one attached hydrogen (secondary N) is 1. The molecule has 0 aromatic carbocycles. The topological polar surface area (TPSA) is 151 Å². The molecule has 3 aromatic heterocycles. The Morgan fingerprint density at radius 3 is 2.00 bits per heavy atom. The summed E-state index contributed by atoms with van der Waals surface area (Å²) >= 11 is 11.4. The lowest BCUT2D eigenvalue weighted by atomic mass is 10.5. The predicted molar refractivity (Wildman–Crippen MR) is 120 cm³/mol. The standard InChI is InChI=1S/C8H7ClF2N4.C6H9ClN4.C4H2F4O3/c1-2-15-7-4(5(9)12-3-13-7)14-8(15)6(10)11;1-2-9-6-4(8)5(7)10-3-11-6;5-1(6)3(9)11-4(10)2(7)8/h3,6H,2H2,1H3;3H,2,8H2,1H3,(H,9,10,11);1-2H. The van der Waals surface area contributed by atoms with Crippen molar-refractivity contribution in [1.82, 2.24) is 29.5 Å². The lowest BCUT2D eigenvalue weighted by molar-refractivity contribution is -0.174. The molecule has 0 radical (unpaired) electrons. The summed E-state index contributed by atoms with van der Waals surface area (Å²) in [7, 11) is 0. The lowest BCUT2D eigenvalue weighted by Crippen LogP contribution is -2.23. The third-order valence-corrected chi connectivity index (χ3v) is 4.34. The van der Waals surface area contributed by atoms with E-state index in [-0.39, 0.29) is 21.6 Å². The van der Waals surface area contributed by atoms with Gasteiger partial charge in [0.15, 0.2) is 27.6 Å². The molecule has 0 unspecified atom stereocenters. The van der Waals surface area contributed by atoms with E-state index in [2.05, 4.69) is 35.0 Å². The van der Waals surface area contributed by atoms with Gasteiger partial charge in [0, 0.05) is 13.1 Å². The van der Waals surface area contributed by atoms with Gasteiger partial charge in [0.25, 0.3) is 6.43 Å². The highest BCUT2D eigenvalue weighted by Gasteiger charge is 2.26. The van der Waals surface area contributed by atoms with Gasteiger partial charge < -0.3 is 20.4 Å². The first kappa shape index (κ1) is 31.6. The predicted octanol–water partition coefficient (Wildman–Crippen LogP) is 4.17. The number of rotatable bonds is 6. The van der Waals surface area contributed by atoms with E-state index < -0.39 is 31.2 Å². The molecular formula is C18H18Cl2F6N8O3. The Labute approximate surface area is 214 Å². The molecule has 0 spiro atoms. The average molecular weight is 579 g/mol. The van der Waals surface area contributed by atoms with Crippen LogP contribution in [0.5, 0.6) is 0 Å². The Balaban J connectivity index is 0.000000284. The first-order valence-corrected chi connectivity index (χ1v) is 10.6. The molecule has 0 amide bonds. The Bertz CT molecular complexity index is 1180. The van der Waals surface area contributed by atoms with Crippen molar-refractivity contribution in [3.63, 3.8) is 0 Å². The molecule has 11 nitrogen and oxygen atoms in total. The minimum absolute atomic E-state index is 0.0918. The van der Waals surface area contributed by atoms with Gasteiger partial charge in [-0.25, -0.2) is 43.3 Å². The van der Waals surface area contributed by atoms with Crippen LogP contribution in [-0.4, -0.2) is 60.8 Å². The highest BCUT2D eigenvalue weighted by molar-refractivity contribution is 6.33. The first-order valence-electron chi connectivity index (χ1n) is 9.81. The van der Waals surface area contributed by atoms with Crippen molar-refractivity contribution in [2.75, 3.05) is 17.6 Å². The van der Waals surface area contributed by atoms with E-state index in [1.54, 1.807) is 6.92 Å². The number of nitrogens with zero attached hydrogens (tertiary/aromatic N) is 6. The Hall–Kier alpha value is -3.47. The number of carbonyl (C=O) groups is 2. The number of hydrogen-bond donors (Lipinski definition) is 2. The summed E-state index contributed by atoms with van der Waals surface area (Å²) in [6, 6.07) is 0. The number of anilines is 2. The van der Waals surface area contributed by atoms with Crippen molar-refractivity contribution in [2.24, 2.45) is 0 Å². The van der Waals surface area contributed by atoms with Crippen LogP contribution >= 0.6 is 23.2 Å². The van der Waals surface area contributed by atoms with Crippen LogP contribution in [-0.2, 0) is 20.9 Å². The van der Waals surface area contributed by atoms with Crippen molar-refractivity contribution in [2.45, 2.75) is 39.7 Å². The minimum atomic E-state index is -3.57. The Kier molecular flexibility index (Phi) is 12.7. The zero-order valence-corrected chi connectivity index (χ0v) is 20.3. The van der Waals surface area contributed by atoms with Gasteiger partial charge in [0.2, 0.25) is 0 Å². The molecule has 3 aromatic rings. The molecule has 19 heteroatoms. The molecule has 0 saturated heterocycles. The third kappa shape index (κ3) is 9.16. The smallest absolute Gasteiger partial charge is 0.381 e. The van der Waals surface area contributed by atoms with Crippen LogP contribution in [0.3, 0.4) is 0 Å². The van der Waals surface area contributed by atoms with E-state index in [9.17, 15) is 35.9 Å². The summed E-state index contributed by atoms with van der Waals surface area (Å²) in [6.45, 7) is 4.82. The first-order chi connectivity index (χ1) is 17.3. The van der Waals surface area contributed by atoms with Gasteiger partial charge in [-0.2, -0.15) is 17.6 Å². The van der Waals surface area contributed by atoms with Crippen molar-refractivity contribution >= 4 is 57.8 Å². The second-order valence-electron chi connectivity index (χ2n) is 6.15. The molecule has 0 atom stereocenters. The van der Waals surface area contributed by atoms with E-state index in [0.29, 0.717) is 23.7 Å². The molecular weight excluding hydrogens is 561 g/mol. The summed E-state index contributed by atoms with van der Waals surface area (Å²) in [4.78, 5) is 38.4. The van der Waals surface area contributed by atoms with Crippen LogP contribution in [0.25, 0.3) is 11.2 Å². The Morgan fingerprint density at radius 1 is 0.973 bits per heavy atom. The number of hydrogen-bond acceptors (Lipinski definition) is 10. The van der Waals surface area contributed by atoms with Gasteiger partial charge in [-0.1, -0.05) is 23.2 Å². The number of alkyl halides is 6. The molecule has 0 bridgehead atoms. The zero-order valence-electron chi connectivity index (χ0n) is 18.8. The monoisotopic (exact) mass is 578 g/mol. The number of ether oxygens (including phenoxy) is 1. The SMILES string of the molecule is CCNc1ncnc(Cl)c1N.CCn1c(C(F)F)nc2c(Cl)ncnc21.O=C(OC(=O)C(F)F)C(F)F. The molecule has 3 heterocycles. The average Bonchev–Trinajstić information content (AvgIpc) is 3.23. The van der Waals surface area contributed by atoms with E-state index in [0.717, 1.165) is 6.54 Å². The highest BCUT2D eigenvalue weighted by Crippen LogP contribution is 2.25. The van der Waals surface area contributed by atoms with E-state index in [1.165, 1.54) is 17.2 Å². The third-order valence-electron chi connectivity index (χ3n) is 3.77. The number of nitrogens with two attached hydrogens (primary N) is 1. The van der Waals surface area contributed by atoms with Gasteiger partial charge in [-0.3, -0.25) is 0 Å². The van der Waals surface area contributed by atoms with E-state index in [1.807, 2.05) is 6.92 Å². The number of halogens is 8. The summed E-state index contributed by atoms with van der Waals surface area (Å²) in [6.07, 6.45) is -7.18. The van der Waals surface area contributed by atoms with Crippen molar-refractivity contribution in [1.29, 1.82) is 0 Å². The van der Waals surface area contributed by atoms with Crippen LogP contribution in [0.15, 0.2) is 12.7 Å². The van der Waals surface area contributed by atoms with Crippen LogP contribution in [0.2, 0.25) is 10.3 Å². The van der Waals surface area contributed by atoms with Crippen molar-refractivity contribution in [3.05, 3.63) is 28.8 Å². The minimum Gasteiger partial charge on any atom is -0.393 e. The number of esters is 2. The zero-order chi connectivity index (χ0) is 28.3. The van der Waals surface area contributed by atoms with Crippen molar-refractivity contribution < 1.29 is 40.7 Å². The number of nitrogen functional groups attached to an aromatic ring is 1. The van der Waals surface area contributed by atoms with E-state index in [4.69, 9.17) is 28.9 Å². The fourth-order valence-electron chi connectivity index (χ4n) is 2.27. The van der Waals surface area contributed by atoms with Gasteiger partial charge >= 0.3 is 24.8 Å². The lowest BCUT2D eigenvalue weighted by Gasteiger charge is -2.04.